The predicted molar refractivity (Wildman–Crippen MR) is 112 cm³/mol. The van der Waals surface area contributed by atoms with Crippen LogP contribution in [0.5, 0.6) is 0 Å². The van der Waals surface area contributed by atoms with E-state index >= 15 is 0 Å². The van der Waals surface area contributed by atoms with E-state index in [1.54, 1.807) is 6.08 Å². The minimum absolute atomic E-state index is 0.0379. The van der Waals surface area contributed by atoms with Crippen molar-refractivity contribution in [3.63, 3.8) is 0 Å². The molecule has 1 saturated heterocycles. The number of likely N-dealkylation sites (tertiary alicyclic amines) is 1. The molecule has 144 valence electrons. The molecule has 0 saturated carbocycles. The fourth-order valence-electron chi connectivity index (χ4n) is 4.19. The van der Waals surface area contributed by atoms with Gasteiger partial charge in [0.1, 0.15) is 0 Å². The molecule has 2 aromatic heterocycles. The van der Waals surface area contributed by atoms with Gasteiger partial charge >= 0.3 is 0 Å². The molecular weight excluding hydrogens is 369 g/mol. The number of aromatic nitrogens is 3. The van der Waals surface area contributed by atoms with Gasteiger partial charge in [0.2, 0.25) is 0 Å². The Morgan fingerprint density at radius 1 is 1.29 bits per heavy atom. The Balaban J connectivity index is 1.44. The molecule has 2 unspecified atom stereocenters. The van der Waals surface area contributed by atoms with Gasteiger partial charge < -0.3 is 9.80 Å². The fraction of sp³-hybridized carbons (Fsp3) is 0.381. The van der Waals surface area contributed by atoms with Gasteiger partial charge in [-0.05, 0) is 38.3 Å². The third-order valence-electron chi connectivity index (χ3n) is 5.67. The van der Waals surface area contributed by atoms with Crippen molar-refractivity contribution in [2.45, 2.75) is 33.0 Å². The van der Waals surface area contributed by atoms with Crippen LogP contribution in [-0.2, 0) is 4.79 Å². The molecule has 3 atom stereocenters. The molecule has 3 aliphatic heterocycles. The van der Waals surface area contributed by atoms with Gasteiger partial charge in [0, 0.05) is 30.7 Å². The fourth-order valence-corrected chi connectivity index (χ4v) is 5.52. The Morgan fingerprint density at radius 3 is 2.93 bits per heavy atom. The first-order chi connectivity index (χ1) is 13.5. The normalized spacial score (nSPS) is 25.5. The molecule has 2 aromatic rings. The second-order valence-electron chi connectivity index (χ2n) is 7.97. The van der Waals surface area contributed by atoms with Crippen molar-refractivity contribution in [3.8, 4) is 0 Å². The van der Waals surface area contributed by atoms with Crippen LogP contribution >= 0.6 is 8.58 Å². The average Bonchev–Trinajstić information content (AvgIpc) is 3.28. The zero-order valence-corrected chi connectivity index (χ0v) is 17.4. The number of carbonyl (C=O) groups is 1. The van der Waals surface area contributed by atoms with E-state index < -0.39 is 0 Å². The standard InChI is InChI=1S/C21H24N5OP/c1-13-6-7-24(10-13)16-4-5-21-25(12-16)20(27)9-19(28-21)17-8-18-15(3)22-14(2)11-26(18)23-17/h4-5,8-9,11-13,21,28H,6-7,10H2,1-3H3/t13-,21?/m1/s1. The number of hydrogen-bond donors (Lipinski definition) is 0. The molecule has 0 radical (unpaired) electrons. The van der Waals surface area contributed by atoms with Crippen LogP contribution in [-0.4, -0.2) is 49.2 Å². The largest absolute Gasteiger partial charge is 0.370 e. The SMILES string of the molecule is Cc1cn2nc(C3=CC(=O)N4C=C(N5CC[C@@H](C)C5)C=CC4P3)cc2c(C)n1. The molecule has 0 aromatic carbocycles. The van der Waals surface area contributed by atoms with E-state index in [0.29, 0.717) is 14.5 Å². The van der Waals surface area contributed by atoms with Crippen LogP contribution in [0.4, 0.5) is 0 Å². The topological polar surface area (TPSA) is 53.7 Å². The molecule has 0 spiro atoms. The van der Waals surface area contributed by atoms with Crippen LogP contribution in [0.1, 0.15) is 30.4 Å². The number of amides is 1. The molecule has 1 amide bonds. The van der Waals surface area contributed by atoms with Crippen LogP contribution < -0.4 is 0 Å². The number of nitrogens with zero attached hydrogens (tertiary/aromatic N) is 5. The highest BCUT2D eigenvalue weighted by molar-refractivity contribution is 7.51. The van der Waals surface area contributed by atoms with Crippen LogP contribution in [0.25, 0.3) is 10.8 Å². The second-order valence-corrected chi connectivity index (χ2v) is 9.39. The van der Waals surface area contributed by atoms with Crippen LogP contribution in [0.2, 0.25) is 0 Å². The van der Waals surface area contributed by atoms with Crippen molar-refractivity contribution in [3.05, 3.63) is 59.5 Å². The number of rotatable bonds is 2. The van der Waals surface area contributed by atoms with E-state index in [2.05, 4.69) is 29.0 Å². The Labute approximate surface area is 166 Å². The lowest BCUT2D eigenvalue weighted by Gasteiger charge is -2.35. The Bertz CT molecular complexity index is 1070. The smallest absolute Gasteiger partial charge is 0.252 e. The van der Waals surface area contributed by atoms with Gasteiger partial charge in [-0.3, -0.25) is 9.78 Å². The van der Waals surface area contributed by atoms with Crippen LogP contribution in [0, 0.1) is 19.8 Å². The highest BCUT2D eigenvalue weighted by Gasteiger charge is 2.31. The van der Waals surface area contributed by atoms with Gasteiger partial charge in [0.25, 0.3) is 5.91 Å². The second kappa shape index (κ2) is 6.56. The van der Waals surface area contributed by atoms with Crippen molar-refractivity contribution < 1.29 is 4.79 Å². The first-order valence-electron chi connectivity index (χ1n) is 9.77. The zero-order chi connectivity index (χ0) is 19.4. The summed E-state index contributed by atoms with van der Waals surface area (Å²) in [5.41, 5.74) is 4.91. The van der Waals surface area contributed by atoms with E-state index in [9.17, 15) is 4.79 Å². The molecule has 0 bridgehead atoms. The number of hydrogen-bond acceptors (Lipinski definition) is 4. The zero-order valence-electron chi connectivity index (χ0n) is 16.4. The number of fused-ring (bicyclic) bond motifs is 2. The maximum Gasteiger partial charge on any atom is 0.252 e. The summed E-state index contributed by atoms with van der Waals surface area (Å²) in [5, 5.41) is 5.73. The van der Waals surface area contributed by atoms with Crippen molar-refractivity contribution in [1.82, 2.24) is 24.4 Å². The maximum absolute atomic E-state index is 12.9. The minimum Gasteiger partial charge on any atom is -0.370 e. The minimum atomic E-state index is 0.0379. The predicted octanol–water partition coefficient (Wildman–Crippen LogP) is 3.29. The lowest BCUT2D eigenvalue weighted by molar-refractivity contribution is -0.123. The molecule has 0 aliphatic carbocycles. The van der Waals surface area contributed by atoms with E-state index in [1.807, 2.05) is 41.7 Å². The average molecular weight is 393 g/mol. The van der Waals surface area contributed by atoms with Gasteiger partial charge in [-0.1, -0.05) is 21.6 Å². The van der Waals surface area contributed by atoms with E-state index in [1.165, 1.54) is 6.42 Å². The maximum atomic E-state index is 12.9. The Morgan fingerprint density at radius 2 is 2.14 bits per heavy atom. The first kappa shape index (κ1) is 17.6. The van der Waals surface area contributed by atoms with Crippen molar-refractivity contribution in [1.29, 1.82) is 0 Å². The molecule has 0 N–H and O–H groups in total. The van der Waals surface area contributed by atoms with Crippen LogP contribution in [0.3, 0.4) is 0 Å². The summed E-state index contributed by atoms with van der Waals surface area (Å²) in [7, 11) is 0.480. The number of allylic oxidation sites excluding steroid dienone is 1. The summed E-state index contributed by atoms with van der Waals surface area (Å²) in [5.74, 6) is 0.840. The highest BCUT2D eigenvalue weighted by atomic mass is 31.1. The van der Waals surface area contributed by atoms with Gasteiger partial charge in [-0.15, -0.1) is 0 Å². The summed E-state index contributed by atoms with van der Waals surface area (Å²) in [4.78, 5) is 21.7. The first-order valence-corrected chi connectivity index (χ1v) is 10.9. The summed E-state index contributed by atoms with van der Waals surface area (Å²) in [6, 6.07) is 2.04. The quantitative estimate of drug-likeness (QED) is 0.735. The third kappa shape index (κ3) is 2.96. The lowest BCUT2D eigenvalue weighted by Crippen LogP contribution is -2.37. The summed E-state index contributed by atoms with van der Waals surface area (Å²) in [6.07, 6.45) is 11.3. The van der Waals surface area contributed by atoms with Crippen molar-refractivity contribution >= 4 is 25.3 Å². The molecule has 5 rings (SSSR count). The van der Waals surface area contributed by atoms with E-state index in [4.69, 9.17) is 5.10 Å². The van der Waals surface area contributed by atoms with Crippen LogP contribution in [0.15, 0.2) is 42.4 Å². The summed E-state index contributed by atoms with van der Waals surface area (Å²) >= 11 is 0. The molecular formula is C21H24N5OP. The van der Waals surface area contributed by atoms with E-state index in [0.717, 1.165) is 46.7 Å². The summed E-state index contributed by atoms with van der Waals surface area (Å²) in [6.45, 7) is 8.38. The van der Waals surface area contributed by atoms with Gasteiger partial charge in [-0.2, -0.15) is 5.10 Å². The van der Waals surface area contributed by atoms with Crippen molar-refractivity contribution in [2.75, 3.05) is 13.1 Å². The molecule has 3 aliphatic rings. The molecule has 28 heavy (non-hydrogen) atoms. The number of aryl methyl sites for hydroxylation is 2. The van der Waals surface area contributed by atoms with Gasteiger partial charge in [0.05, 0.1) is 40.3 Å². The monoisotopic (exact) mass is 393 g/mol. The van der Waals surface area contributed by atoms with E-state index in [-0.39, 0.29) is 11.7 Å². The number of carbonyl (C=O) groups excluding carboxylic acids is 1. The highest BCUT2D eigenvalue weighted by Crippen LogP contribution is 2.44. The molecule has 7 heteroatoms. The van der Waals surface area contributed by atoms with Gasteiger partial charge in [-0.25, -0.2) is 4.52 Å². The molecule has 5 heterocycles. The van der Waals surface area contributed by atoms with Gasteiger partial charge in [0.15, 0.2) is 0 Å². The summed E-state index contributed by atoms with van der Waals surface area (Å²) < 4.78 is 1.87. The Hall–Kier alpha value is -2.46. The lowest BCUT2D eigenvalue weighted by atomic mass is 10.2. The Kier molecular flexibility index (Phi) is 4.13. The molecule has 1 fully saturated rings. The third-order valence-corrected chi connectivity index (χ3v) is 7.15. The molecule has 6 nitrogen and oxygen atoms in total. The van der Waals surface area contributed by atoms with Crippen molar-refractivity contribution in [2.24, 2.45) is 5.92 Å².